The van der Waals surface area contributed by atoms with E-state index in [0.717, 1.165) is 5.56 Å². The van der Waals surface area contributed by atoms with Gasteiger partial charge in [0, 0.05) is 24.7 Å². The van der Waals surface area contributed by atoms with Gasteiger partial charge in [-0.25, -0.2) is 4.79 Å². The van der Waals surface area contributed by atoms with Gasteiger partial charge in [-0.15, -0.1) is 0 Å². The first kappa shape index (κ1) is 10.6. The number of carboxylic acids is 1. The number of phenolic OH excluding ortho intramolecular Hbond substituents is 2. The van der Waals surface area contributed by atoms with Gasteiger partial charge >= 0.3 is 5.97 Å². The van der Waals surface area contributed by atoms with E-state index in [9.17, 15) is 15.0 Å². The summed E-state index contributed by atoms with van der Waals surface area (Å²) in [6, 6.07) is 2.23. The van der Waals surface area contributed by atoms with Crippen molar-refractivity contribution >= 4 is 11.7 Å². The molecule has 0 bridgehead atoms. The molecule has 3 N–H and O–H groups in total. The molecular weight excluding hydrogens is 210 g/mol. The van der Waals surface area contributed by atoms with Crippen LogP contribution in [0.1, 0.15) is 12.5 Å². The first-order chi connectivity index (χ1) is 7.54. The molecule has 1 aromatic rings. The summed E-state index contributed by atoms with van der Waals surface area (Å²) < 4.78 is 0. The number of carbonyl (C=O) groups is 1. The monoisotopic (exact) mass is 223 g/mol. The van der Waals surface area contributed by atoms with Gasteiger partial charge in [-0.05, 0) is 18.6 Å². The molecule has 5 nitrogen and oxygen atoms in total. The number of aromatic hydroxyl groups is 2. The Bertz CT molecular complexity index is 444. The number of nitrogens with zero attached hydrogens (tertiary/aromatic N) is 1. The van der Waals surface area contributed by atoms with Crippen molar-refractivity contribution in [3.8, 4) is 11.5 Å². The van der Waals surface area contributed by atoms with Crippen LogP contribution in [0.4, 0.5) is 5.69 Å². The van der Waals surface area contributed by atoms with E-state index >= 15 is 0 Å². The van der Waals surface area contributed by atoms with E-state index in [2.05, 4.69) is 0 Å². The van der Waals surface area contributed by atoms with Gasteiger partial charge in [0.1, 0.15) is 6.04 Å². The molecule has 5 heteroatoms. The Morgan fingerprint density at radius 3 is 2.62 bits per heavy atom. The number of hydrogen-bond acceptors (Lipinski definition) is 4. The van der Waals surface area contributed by atoms with Crippen LogP contribution in [0.15, 0.2) is 12.1 Å². The van der Waals surface area contributed by atoms with Crippen LogP contribution in [-0.4, -0.2) is 33.9 Å². The van der Waals surface area contributed by atoms with Crippen LogP contribution in [-0.2, 0) is 11.2 Å². The molecule has 1 aromatic carbocycles. The lowest BCUT2D eigenvalue weighted by Gasteiger charge is -2.22. The fraction of sp³-hybridized carbons (Fsp3) is 0.364. The van der Waals surface area contributed by atoms with Crippen molar-refractivity contribution in [1.82, 2.24) is 0 Å². The largest absolute Gasteiger partial charge is 0.504 e. The van der Waals surface area contributed by atoms with Gasteiger partial charge in [0.25, 0.3) is 0 Å². The molecule has 86 valence electrons. The van der Waals surface area contributed by atoms with Gasteiger partial charge in [0.05, 0.1) is 0 Å². The average molecular weight is 223 g/mol. The number of fused-ring (bicyclic) bond motifs is 1. The maximum Gasteiger partial charge on any atom is 0.326 e. The quantitative estimate of drug-likeness (QED) is 0.650. The molecule has 0 spiro atoms. The topological polar surface area (TPSA) is 81.0 Å². The van der Waals surface area contributed by atoms with Crippen molar-refractivity contribution in [1.29, 1.82) is 0 Å². The average Bonchev–Trinajstić information content (AvgIpc) is 2.57. The molecule has 1 atom stereocenters. The molecule has 1 unspecified atom stereocenters. The summed E-state index contributed by atoms with van der Waals surface area (Å²) in [7, 11) is 0. The minimum Gasteiger partial charge on any atom is -0.504 e. The van der Waals surface area contributed by atoms with Crippen LogP contribution in [0, 0.1) is 0 Å². The van der Waals surface area contributed by atoms with E-state index in [1.54, 1.807) is 4.90 Å². The second-order valence-corrected chi connectivity index (χ2v) is 3.81. The lowest BCUT2D eigenvalue weighted by atomic mass is 10.1. The summed E-state index contributed by atoms with van der Waals surface area (Å²) in [5.41, 5.74) is 1.44. The lowest BCUT2D eigenvalue weighted by molar-refractivity contribution is -0.138. The van der Waals surface area contributed by atoms with Gasteiger partial charge in [-0.3, -0.25) is 0 Å². The van der Waals surface area contributed by atoms with Crippen LogP contribution in [0.2, 0.25) is 0 Å². The number of carboxylic acid groups (broad SMARTS) is 1. The number of rotatable bonds is 2. The van der Waals surface area contributed by atoms with Gasteiger partial charge in [-0.2, -0.15) is 0 Å². The summed E-state index contributed by atoms with van der Waals surface area (Å²) >= 11 is 0. The van der Waals surface area contributed by atoms with Gasteiger partial charge in [-0.1, -0.05) is 0 Å². The van der Waals surface area contributed by atoms with E-state index in [1.807, 2.05) is 6.92 Å². The second kappa shape index (κ2) is 3.59. The molecule has 2 rings (SSSR count). The van der Waals surface area contributed by atoms with Gasteiger partial charge < -0.3 is 20.2 Å². The Morgan fingerprint density at radius 1 is 1.44 bits per heavy atom. The van der Waals surface area contributed by atoms with E-state index in [-0.39, 0.29) is 11.5 Å². The highest BCUT2D eigenvalue weighted by Gasteiger charge is 2.34. The SMILES string of the molecule is CCN1c2cc(O)c(O)cc2CC1C(=O)O. The maximum absolute atomic E-state index is 11.0. The zero-order valence-corrected chi connectivity index (χ0v) is 8.84. The molecule has 0 fully saturated rings. The fourth-order valence-electron chi connectivity index (χ4n) is 2.14. The summed E-state index contributed by atoms with van der Waals surface area (Å²) in [6.45, 7) is 2.41. The number of anilines is 1. The Hall–Kier alpha value is -1.91. The Morgan fingerprint density at radius 2 is 2.06 bits per heavy atom. The van der Waals surface area contributed by atoms with Crippen LogP contribution >= 0.6 is 0 Å². The predicted octanol–water partition coefficient (Wildman–Crippen LogP) is 0.933. The number of aliphatic carboxylic acids is 1. The number of benzene rings is 1. The van der Waals surface area contributed by atoms with Crippen molar-refractivity contribution in [2.24, 2.45) is 0 Å². The van der Waals surface area contributed by atoms with E-state index < -0.39 is 12.0 Å². The Kier molecular flexibility index (Phi) is 2.38. The van der Waals surface area contributed by atoms with Crippen molar-refractivity contribution in [2.45, 2.75) is 19.4 Å². The van der Waals surface area contributed by atoms with E-state index in [4.69, 9.17) is 5.11 Å². The third-order valence-corrected chi connectivity index (χ3v) is 2.90. The smallest absolute Gasteiger partial charge is 0.326 e. The first-order valence-electron chi connectivity index (χ1n) is 5.09. The highest BCUT2D eigenvalue weighted by Crippen LogP contribution is 2.39. The maximum atomic E-state index is 11.0. The third kappa shape index (κ3) is 1.44. The molecule has 0 aromatic heterocycles. The van der Waals surface area contributed by atoms with Crippen molar-refractivity contribution in [3.63, 3.8) is 0 Å². The molecule has 1 aliphatic heterocycles. The van der Waals surface area contributed by atoms with E-state index in [1.165, 1.54) is 12.1 Å². The summed E-state index contributed by atoms with van der Waals surface area (Å²) in [5, 5.41) is 27.8. The van der Waals surface area contributed by atoms with Gasteiger partial charge in [0.2, 0.25) is 0 Å². The Balaban J connectivity index is 2.47. The van der Waals surface area contributed by atoms with Crippen LogP contribution < -0.4 is 4.90 Å². The van der Waals surface area contributed by atoms with Crippen LogP contribution in [0.3, 0.4) is 0 Å². The number of hydrogen-bond donors (Lipinski definition) is 3. The lowest BCUT2D eigenvalue weighted by Crippen LogP contribution is -2.38. The molecule has 1 heterocycles. The fourth-order valence-corrected chi connectivity index (χ4v) is 2.14. The molecular formula is C11H13NO4. The molecule has 0 saturated carbocycles. The standard InChI is InChI=1S/C11H13NO4/c1-2-12-7-5-10(14)9(13)4-6(7)3-8(12)11(15)16/h4-5,8,13-14H,2-3H2,1H3,(H,15,16). The number of likely N-dealkylation sites (N-methyl/N-ethyl adjacent to an activating group) is 1. The third-order valence-electron chi connectivity index (χ3n) is 2.90. The first-order valence-corrected chi connectivity index (χ1v) is 5.09. The van der Waals surface area contributed by atoms with Crippen LogP contribution in [0.25, 0.3) is 0 Å². The van der Waals surface area contributed by atoms with Crippen molar-refractivity contribution < 1.29 is 20.1 Å². The van der Waals surface area contributed by atoms with Crippen molar-refractivity contribution in [3.05, 3.63) is 17.7 Å². The normalized spacial score (nSPS) is 18.6. The van der Waals surface area contributed by atoms with Crippen LogP contribution in [0.5, 0.6) is 11.5 Å². The second-order valence-electron chi connectivity index (χ2n) is 3.81. The summed E-state index contributed by atoms with van der Waals surface area (Å²) in [5.74, 6) is -1.32. The Labute approximate surface area is 92.6 Å². The van der Waals surface area contributed by atoms with Crippen molar-refractivity contribution in [2.75, 3.05) is 11.4 Å². The summed E-state index contributed by atoms with van der Waals surface area (Å²) in [4.78, 5) is 12.7. The predicted molar refractivity (Wildman–Crippen MR) is 57.9 cm³/mol. The minimum atomic E-state index is -0.892. The molecule has 0 radical (unpaired) electrons. The summed E-state index contributed by atoms with van der Waals surface area (Å²) in [6.07, 6.45) is 0.354. The minimum absolute atomic E-state index is 0.208. The highest BCUT2D eigenvalue weighted by molar-refractivity contribution is 5.83. The highest BCUT2D eigenvalue weighted by atomic mass is 16.4. The number of phenols is 2. The molecule has 0 saturated heterocycles. The molecule has 1 aliphatic rings. The zero-order chi connectivity index (χ0) is 11.9. The molecule has 0 amide bonds. The van der Waals surface area contributed by atoms with E-state index in [0.29, 0.717) is 18.7 Å². The zero-order valence-electron chi connectivity index (χ0n) is 8.84. The molecule has 0 aliphatic carbocycles. The van der Waals surface area contributed by atoms with Gasteiger partial charge in [0.15, 0.2) is 11.5 Å². The molecule has 16 heavy (non-hydrogen) atoms.